The zero-order valence-corrected chi connectivity index (χ0v) is 22.9. The van der Waals surface area contributed by atoms with Crippen LogP contribution in [0, 0.1) is 6.92 Å². The lowest BCUT2D eigenvalue weighted by atomic mass is 9.87. The minimum absolute atomic E-state index is 0.0461. The minimum Gasteiger partial charge on any atom is -0.341 e. The van der Waals surface area contributed by atoms with Crippen LogP contribution in [0.2, 0.25) is 0 Å². The van der Waals surface area contributed by atoms with Crippen molar-refractivity contribution < 1.29 is 22.8 Å². The van der Waals surface area contributed by atoms with Crippen LogP contribution >= 0.6 is 11.3 Å². The highest BCUT2D eigenvalue weighted by molar-refractivity contribution is 7.09. The van der Waals surface area contributed by atoms with Gasteiger partial charge in [-0.25, -0.2) is 4.98 Å². The van der Waals surface area contributed by atoms with Gasteiger partial charge in [-0.1, -0.05) is 24.3 Å². The number of carbonyl (C=O) groups is 2. The zero-order chi connectivity index (χ0) is 27.7. The summed E-state index contributed by atoms with van der Waals surface area (Å²) in [4.78, 5) is 34.4. The van der Waals surface area contributed by atoms with Gasteiger partial charge in [-0.15, -0.1) is 11.3 Å². The van der Waals surface area contributed by atoms with E-state index < -0.39 is 12.6 Å². The van der Waals surface area contributed by atoms with Gasteiger partial charge in [0.1, 0.15) is 12.2 Å². The number of aromatic nitrogens is 3. The third-order valence-corrected chi connectivity index (χ3v) is 8.77. The third kappa shape index (κ3) is 6.18. The average molecular weight is 560 g/mol. The van der Waals surface area contributed by atoms with Crippen LogP contribution in [0.1, 0.15) is 75.7 Å². The van der Waals surface area contributed by atoms with Gasteiger partial charge in [-0.3, -0.25) is 14.3 Å². The molecule has 2 amide bonds. The second kappa shape index (κ2) is 11.1. The lowest BCUT2D eigenvalue weighted by Gasteiger charge is -2.33. The van der Waals surface area contributed by atoms with Crippen molar-refractivity contribution in [2.24, 2.45) is 0 Å². The molecule has 208 valence electrons. The molecule has 3 heterocycles. The van der Waals surface area contributed by atoms with E-state index in [0.29, 0.717) is 24.5 Å². The Kier molecular flexibility index (Phi) is 7.80. The molecule has 3 aromatic rings. The molecule has 2 aromatic heterocycles. The van der Waals surface area contributed by atoms with Crippen molar-refractivity contribution in [2.45, 2.75) is 70.1 Å². The first-order valence-electron chi connectivity index (χ1n) is 13.3. The second-order valence-electron chi connectivity index (χ2n) is 10.5. The summed E-state index contributed by atoms with van der Waals surface area (Å²) in [5, 5.41) is 6.71. The lowest BCUT2D eigenvalue weighted by Crippen LogP contribution is -2.40. The number of piperidine rings is 1. The molecule has 1 fully saturated rings. The summed E-state index contributed by atoms with van der Waals surface area (Å²) in [6, 6.07) is 9.73. The number of hydrogen-bond donors (Lipinski definition) is 0. The fraction of sp³-hybridized carbons (Fsp3) is 0.500. The zero-order valence-electron chi connectivity index (χ0n) is 22.1. The Hall–Kier alpha value is -3.21. The molecule has 0 bridgehead atoms. The molecule has 0 radical (unpaired) electrons. The van der Waals surface area contributed by atoms with Crippen molar-refractivity contribution >= 4 is 23.2 Å². The number of halogens is 3. The smallest absolute Gasteiger partial charge is 0.341 e. The molecule has 1 atom stereocenters. The number of hydrogen-bond acceptors (Lipinski definition) is 5. The van der Waals surface area contributed by atoms with E-state index in [1.165, 1.54) is 33.2 Å². The standard InChI is InChI=1S/C28H32F3N5O2S/c1-18-14-21(15-28(29,30)31)33-36(18)16-25(37)35-12-10-20(11-13-35)26-32-23(17-39-26)27(38)34(2)24-9-5-7-19-6-3-4-8-22(19)24/h3-4,6,8,14,17,20,24H,5,7,9-13,15-16H2,1-2H3/t24-/m1/s1. The number of thiazole rings is 1. The van der Waals surface area contributed by atoms with Crippen LogP contribution < -0.4 is 0 Å². The fourth-order valence-corrected chi connectivity index (χ4v) is 6.63. The Labute approximate surface area is 229 Å². The van der Waals surface area contributed by atoms with Gasteiger partial charge in [0.05, 0.1) is 23.2 Å². The Balaban J connectivity index is 1.16. The molecule has 11 heteroatoms. The number of aryl methyl sites for hydroxylation is 2. The first-order chi connectivity index (χ1) is 18.6. The Morgan fingerprint density at radius 3 is 2.64 bits per heavy atom. The molecule has 1 aliphatic carbocycles. The van der Waals surface area contributed by atoms with Crippen LogP contribution in [-0.2, 0) is 24.2 Å². The van der Waals surface area contributed by atoms with Crippen molar-refractivity contribution in [3.8, 4) is 0 Å². The van der Waals surface area contributed by atoms with Crippen LogP contribution in [0.3, 0.4) is 0 Å². The molecule has 0 spiro atoms. The van der Waals surface area contributed by atoms with Crippen LogP contribution in [0.25, 0.3) is 0 Å². The highest BCUT2D eigenvalue weighted by atomic mass is 32.1. The average Bonchev–Trinajstić information content (AvgIpc) is 3.53. The number of rotatable bonds is 6. The van der Waals surface area contributed by atoms with Gasteiger partial charge in [-0.2, -0.15) is 18.3 Å². The molecule has 0 unspecified atom stereocenters. The van der Waals surface area contributed by atoms with Gasteiger partial charge in [0.2, 0.25) is 5.91 Å². The Morgan fingerprint density at radius 2 is 1.90 bits per heavy atom. The summed E-state index contributed by atoms with van der Waals surface area (Å²) in [6.07, 6.45) is -0.987. The molecule has 1 saturated heterocycles. The van der Waals surface area contributed by atoms with Gasteiger partial charge in [0.15, 0.2) is 0 Å². The van der Waals surface area contributed by atoms with Crippen LogP contribution in [0.4, 0.5) is 13.2 Å². The normalized spacial score (nSPS) is 18.2. The molecule has 0 N–H and O–H groups in total. The topological polar surface area (TPSA) is 71.3 Å². The summed E-state index contributed by atoms with van der Waals surface area (Å²) >= 11 is 1.49. The summed E-state index contributed by atoms with van der Waals surface area (Å²) in [5.74, 6) is -0.0833. The van der Waals surface area contributed by atoms with E-state index in [-0.39, 0.29) is 36.0 Å². The number of alkyl halides is 3. The van der Waals surface area contributed by atoms with Gasteiger partial charge < -0.3 is 9.80 Å². The van der Waals surface area contributed by atoms with Crippen molar-refractivity contribution in [2.75, 3.05) is 20.1 Å². The van der Waals surface area contributed by atoms with E-state index >= 15 is 0 Å². The van der Waals surface area contributed by atoms with Crippen molar-refractivity contribution in [3.63, 3.8) is 0 Å². The highest BCUT2D eigenvalue weighted by Crippen LogP contribution is 2.35. The summed E-state index contributed by atoms with van der Waals surface area (Å²) in [6.45, 7) is 2.63. The molecule has 1 aromatic carbocycles. The Morgan fingerprint density at radius 1 is 1.15 bits per heavy atom. The van der Waals surface area contributed by atoms with E-state index in [4.69, 9.17) is 4.98 Å². The van der Waals surface area contributed by atoms with Gasteiger partial charge in [0, 0.05) is 37.1 Å². The van der Waals surface area contributed by atoms with Crippen LogP contribution in [0.5, 0.6) is 0 Å². The summed E-state index contributed by atoms with van der Waals surface area (Å²) in [5.41, 5.74) is 3.42. The van der Waals surface area contributed by atoms with E-state index in [0.717, 1.165) is 37.1 Å². The van der Waals surface area contributed by atoms with Crippen molar-refractivity contribution in [1.82, 2.24) is 24.6 Å². The maximum absolute atomic E-state index is 13.3. The SMILES string of the molecule is Cc1cc(CC(F)(F)F)nn1CC(=O)N1CCC(c2nc(C(=O)N(C)[C@@H]3CCCc4ccccc43)cs2)CC1. The summed E-state index contributed by atoms with van der Waals surface area (Å²) in [7, 11) is 1.85. The monoisotopic (exact) mass is 559 g/mol. The first kappa shape index (κ1) is 27.4. The molecular weight excluding hydrogens is 527 g/mol. The quantitative estimate of drug-likeness (QED) is 0.411. The highest BCUT2D eigenvalue weighted by Gasteiger charge is 2.32. The molecule has 5 rings (SSSR count). The predicted molar refractivity (Wildman–Crippen MR) is 142 cm³/mol. The molecule has 2 aliphatic rings. The van der Waals surface area contributed by atoms with Crippen LogP contribution in [-0.4, -0.2) is 62.7 Å². The van der Waals surface area contributed by atoms with Crippen molar-refractivity contribution in [3.05, 3.63) is 68.9 Å². The number of fused-ring (bicyclic) bond motifs is 1. The maximum atomic E-state index is 13.3. The fourth-order valence-electron chi connectivity index (χ4n) is 5.66. The number of nitrogens with zero attached hydrogens (tertiary/aromatic N) is 5. The molecule has 39 heavy (non-hydrogen) atoms. The third-order valence-electron chi connectivity index (χ3n) is 7.76. The van der Waals surface area contributed by atoms with Gasteiger partial charge in [-0.05, 0) is 56.2 Å². The predicted octanol–water partition coefficient (Wildman–Crippen LogP) is 5.31. The number of amides is 2. The van der Waals surface area contributed by atoms with Crippen molar-refractivity contribution in [1.29, 1.82) is 0 Å². The molecule has 1 aliphatic heterocycles. The number of likely N-dealkylation sites (tertiary alicyclic amines) is 1. The lowest BCUT2D eigenvalue weighted by molar-refractivity contribution is -0.133. The van der Waals surface area contributed by atoms with E-state index in [1.54, 1.807) is 11.8 Å². The molecular formula is C28H32F3N5O2S. The second-order valence-corrected chi connectivity index (χ2v) is 11.4. The van der Waals surface area contributed by atoms with Gasteiger partial charge in [0.25, 0.3) is 5.91 Å². The van der Waals surface area contributed by atoms with E-state index in [2.05, 4.69) is 17.2 Å². The molecule has 7 nitrogen and oxygen atoms in total. The Bertz CT molecular complexity index is 1340. The van der Waals surface area contributed by atoms with Crippen LogP contribution in [0.15, 0.2) is 35.7 Å². The molecule has 0 saturated carbocycles. The van der Waals surface area contributed by atoms with Gasteiger partial charge >= 0.3 is 6.18 Å². The largest absolute Gasteiger partial charge is 0.394 e. The van der Waals surface area contributed by atoms with E-state index in [9.17, 15) is 22.8 Å². The maximum Gasteiger partial charge on any atom is 0.394 e. The number of benzene rings is 1. The number of carbonyl (C=O) groups excluding carboxylic acids is 2. The summed E-state index contributed by atoms with van der Waals surface area (Å²) < 4.78 is 39.4. The van der Waals surface area contributed by atoms with E-state index in [1.807, 2.05) is 29.5 Å². The first-order valence-corrected chi connectivity index (χ1v) is 14.2. The minimum atomic E-state index is -4.34.